The monoisotopic (exact) mass is 363 g/mol. The summed E-state index contributed by atoms with van der Waals surface area (Å²) in [4.78, 5) is 33.1. The van der Waals surface area contributed by atoms with E-state index in [1.54, 1.807) is 47.2 Å². The van der Waals surface area contributed by atoms with Gasteiger partial charge >= 0.3 is 0 Å². The molecule has 0 bridgehead atoms. The second kappa shape index (κ2) is 7.44. The first-order chi connectivity index (χ1) is 13.0. The normalized spacial score (nSPS) is 10.8. The summed E-state index contributed by atoms with van der Waals surface area (Å²) in [7, 11) is 0. The van der Waals surface area contributed by atoms with E-state index < -0.39 is 15.6 Å². The maximum absolute atomic E-state index is 12.4. The Morgan fingerprint density at radius 2 is 1.59 bits per heavy atom. The number of rotatable bonds is 6. The average Bonchev–Trinajstić information content (AvgIpc) is 3.14. The number of ketones is 1. The molecule has 27 heavy (non-hydrogen) atoms. The summed E-state index contributed by atoms with van der Waals surface area (Å²) in [5, 5.41) is 21.8. The first-order valence-corrected chi connectivity index (χ1v) is 7.85. The van der Waals surface area contributed by atoms with E-state index in [-0.39, 0.29) is 16.9 Å². The maximum Gasteiger partial charge on any atom is 0.280 e. The molecule has 0 amide bonds. The topological polar surface area (TPSA) is 108 Å². The SMILES string of the molecule is O=C(/C=C/c1cccn1-c1ccc([N+](=O)[O-])cc1)c1ccccc1[N+](=O)[O-]. The molecule has 1 aromatic heterocycles. The van der Waals surface area contributed by atoms with E-state index in [2.05, 4.69) is 0 Å². The number of nitro benzene ring substituents is 2. The standard InChI is InChI=1S/C19H13N3O5/c23-19(17-5-1-2-6-18(17)22(26)27)12-11-14-4-3-13-20(14)15-7-9-16(10-8-15)21(24)25/h1-13H/b12-11+. The van der Waals surface area contributed by atoms with Crippen LogP contribution in [-0.4, -0.2) is 20.2 Å². The minimum atomic E-state index is -0.597. The van der Waals surface area contributed by atoms with Gasteiger partial charge in [0, 0.05) is 35.8 Å². The van der Waals surface area contributed by atoms with Crippen LogP contribution in [0, 0.1) is 20.2 Å². The third-order valence-electron chi connectivity index (χ3n) is 3.89. The molecule has 0 spiro atoms. The van der Waals surface area contributed by atoms with Crippen molar-refractivity contribution in [2.75, 3.05) is 0 Å². The summed E-state index contributed by atoms with van der Waals surface area (Å²) < 4.78 is 1.74. The highest BCUT2D eigenvalue weighted by Crippen LogP contribution is 2.21. The summed E-state index contributed by atoms with van der Waals surface area (Å²) in [6, 6.07) is 15.2. The van der Waals surface area contributed by atoms with Crippen molar-refractivity contribution >= 4 is 23.2 Å². The Morgan fingerprint density at radius 3 is 2.26 bits per heavy atom. The van der Waals surface area contributed by atoms with E-state index in [1.165, 1.54) is 36.4 Å². The lowest BCUT2D eigenvalue weighted by molar-refractivity contribution is -0.385. The van der Waals surface area contributed by atoms with Gasteiger partial charge in [-0.25, -0.2) is 0 Å². The predicted molar refractivity (Wildman–Crippen MR) is 98.9 cm³/mol. The number of hydrogen-bond donors (Lipinski definition) is 0. The highest BCUT2D eigenvalue weighted by molar-refractivity contribution is 6.09. The fraction of sp³-hybridized carbons (Fsp3) is 0. The summed E-state index contributed by atoms with van der Waals surface area (Å²) in [5.74, 6) is -0.487. The van der Waals surface area contributed by atoms with E-state index >= 15 is 0 Å². The molecule has 2 aromatic carbocycles. The van der Waals surface area contributed by atoms with Crippen LogP contribution in [0.15, 0.2) is 72.9 Å². The lowest BCUT2D eigenvalue weighted by Crippen LogP contribution is -2.01. The molecule has 134 valence electrons. The number of hydrogen-bond acceptors (Lipinski definition) is 5. The number of nitrogens with zero attached hydrogens (tertiary/aromatic N) is 3. The van der Waals surface area contributed by atoms with Crippen molar-refractivity contribution in [2.24, 2.45) is 0 Å². The van der Waals surface area contributed by atoms with Gasteiger partial charge < -0.3 is 4.57 Å². The van der Waals surface area contributed by atoms with Gasteiger partial charge in [-0.05, 0) is 42.5 Å². The molecule has 0 aliphatic carbocycles. The molecule has 0 fully saturated rings. The number of benzene rings is 2. The van der Waals surface area contributed by atoms with Crippen LogP contribution in [0.3, 0.4) is 0 Å². The summed E-state index contributed by atoms with van der Waals surface area (Å²) in [6.07, 6.45) is 4.55. The van der Waals surface area contributed by atoms with E-state index in [0.29, 0.717) is 11.4 Å². The van der Waals surface area contributed by atoms with E-state index in [9.17, 15) is 25.0 Å². The smallest absolute Gasteiger partial charge is 0.280 e. The van der Waals surface area contributed by atoms with E-state index in [1.807, 2.05) is 0 Å². The van der Waals surface area contributed by atoms with Crippen LogP contribution in [0.1, 0.15) is 16.1 Å². The Bertz CT molecular complexity index is 1050. The highest BCUT2D eigenvalue weighted by Gasteiger charge is 2.17. The quantitative estimate of drug-likeness (QED) is 0.282. The van der Waals surface area contributed by atoms with Gasteiger partial charge in [0.25, 0.3) is 11.4 Å². The Kier molecular flexibility index (Phi) is 4.89. The number of aromatic nitrogens is 1. The van der Waals surface area contributed by atoms with Crippen molar-refractivity contribution in [3.05, 3.63) is 104 Å². The molecule has 0 saturated heterocycles. The number of para-hydroxylation sites is 1. The Balaban J connectivity index is 1.87. The molecular weight excluding hydrogens is 350 g/mol. The molecule has 0 aliphatic rings. The van der Waals surface area contributed by atoms with Gasteiger partial charge in [-0.3, -0.25) is 25.0 Å². The minimum absolute atomic E-state index is 0.00666. The van der Waals surface area contributed by atoms with Crippen LogP contribution in [0.4, 0.5) is 11.4 Å². The molecule has 0 saturated carbocycles. The molecule has 3 rings (SSSR count). The van der Waals surface area contributed by atoms with Crippen LogP contribution in [0.2, 0.25) is 0 Å². The summed E-state index contributed by atoms with van der Waals surface area (Å²) in [5.41, 5.74) is 1.07. The van der Waals surface area contributed by atoms with Crippen LogP contribution in [0.5, 0.6) is 0 Å². The zero-order valence-electron chi connectivity index (χ0n) is 13.9. The molecule has 0 unspecified atom stereocenters. The molecule has 3 aromatic rings. The maximum atomic E-state index is 12.4. The first-order valence-electron chi connectivity index (χ1n) is 7.85. The Morgan fingerprint density at radius 1 is 0.889 bits per heavy atom. The highest BCUT2D eigenvalue weighted by atomic mass is 16.6. The molecule has 0 atom stereocenters. The first kappa shape index (κ1) is 17.7. The van der Waals surface area contributed by atoms with Gasteiger partial charge in [-0.2, -0.15) is 0 Å². The van der Waals surface area contributed by atoms with Crippen molar-refractivity contribution in [1.29, 1.82) is 0 Å². The number of carbonyl (C=O) groups is 1. The predicted octanol–water partition coefficient (Wildman–Crippen LogP) is 4.19. The van der Waals surface area contributed by atoms with Gasteiger partial charge in [0.15, 0.2) is 5.78 Å². The van der Waals surface area contributed by atoms with Gasteiger partial charge in [0.1, 0.15) is 0 Å². The fourth-order valence-electron chi connectivity index (χ4n) is 2.59. The van der Waals surface area contributed by atoms with E-state index in [0.717, 1.165) is 0 Å². The third-order valence-corrected chi connectivity index (χ3v) is 3.89. The van der Waals surface area contributed by atoms with Crippen molar-refractivity contribution in [2.45, 2.75) is 0 Å². The van der Waals surface area contributed by atoms with Crippen LogP contribution in [0.25, 0.3) is 11.8 Å². The van der Waals surface area contributed by atoms with E-state index in [4.69, 9.17) is 0 Å². The minimum Gasteiger partial charge on any atom is -0.317 e. The summed E-state index contributed by atoms with van der Waals surface area (Å²) in [6.45, 7) is 0. The molecule has 0 radical (unpaired) electrons. The fourth-order valence-corrected chi connectivity index (χ4v) is 2.59. The van der Waals surface area contributed by atoms with Gasteiger partial charge in [-0.15, -0.1) is 0 Å². The number of nitro groups is 2. The number of non-ortho nitro benzene ring substituents is 1. The molecule has 8 heteroatoms. The number of carbonyl (C=O) groups excluding carboxylic acids is 1. The second-order valence-electron chi connectivity index (χ2n) is 5.55. The average molecular weight is 363 g/mol. The van der Waals surface area contributed by atoms with Crippen molar-refractivity contribution < 1.29 is 14.6 Å². The van der Waals surface area contributed by atoms with Gasteiger partial charge in [-0.1, -0.05) is 12.1 Å². The zero-order valence-corrected chi connectivity index (χ0v) is 13.9. The largest absolute Gasteiger partial charge is 0.317 e. The number of allylic oxidation sites excluding steroid dienone is 1. The van der Waals surface area contributed by atoms with Crippen LogP contribution in [-0.2, 0) is 0 Å². The molecule has 0 N–H and O–H groups in total. The molecule has 0 aliphatic heterocycles. The zero-order chi connectivity index (χ0) is 19.4. The third kappa shape index (κ3) is 3.79. The van der Waals surface area contributed by atoms with Gasteiger partial charge in [0.05, 0.1) is 15.4 Å². The summed E-state index contributed by atoms with van der Waals surface area (Å²) >= 11 is 0. The Hall–Kier alpha value is -4.07. The molecule has 8 nitrogen and oxygen atoms in total. The Labute approximate surface area is 153 Å². The molecular formula is C19H13N3O5. The van der Waals surface area contributed by atoms with Crippen molar-refractivity contribution in [3.8, 4) is 5.69 Å². The molecule has 1 heterocycles. The van der Waals surface area contributed by atoms with Crippen LogP contribution < -0.4 is 0 Å². The lowest BCUT2D eigenvalue weighted by Gasteiger charge is -2.06. The van der Waals surface area contributed by atoms with Crippen molar-refractivity contribution in [3.63, 3.8) is 0 Å². The lowest BCUT2D eigenvalue weighted by atomic mass is 10.1. The van der Waals surface area contributed by atoms with Crippen molar-refractivity contribution in [1.82, 2.24) is 4.57 Å². The second-order valence-corrected chi connectivity index (χ2v) is 5.55. The van der Waals surface area contributed by atoms with Crippen LogP contribution >= 0.6 is 0 Å². The van der Waals surface area contributed by atoms with Gasteiger partial charge in [0.2, 0.25) is 0 Å².